The van der Waals surface area contributed by atoms with E-state index in [1.165, 1.54) is 6.42 Å². The molecule has 0 atom stereocenters. The lowest BCUT2D eigenvalue weighted by Crippen LogP contribution is -2.39. The van der Waals surface area contributed by atoms with Gasteiger partial charge in [0.25, 0.3) is 5.91 Å². The Morgan fingerprint density at radius 2 is 1.92 bits per heavy atom. The lowest BCUT2D eigenvalue weighted by Gasteiger charge is -2.32. The van der Waals surface area contributed by atoms with Crippen molar-refractivity contribution in [2.24, 2.45) is 5.92 Å². The molecule has 136 valence electrons. The van der Waals surface area contributed by atoms with E-state index in [1.54, 1.807) is 4.68 Å². The molecule has 1 aromatic heterocycles. The second-order valence-electron chi connectivity index (χ2n) is 6.54. The Kier molecular flexibility index (Phi) is 7.02. The molecule has 1 aliphatic rings. The van der Waals surface area contributed by atoms with Crippen LogP contribution in [0.25, 0.3) is 5.69 Å². The maximum Gasteiger partial charge on any atom is 0.257 e. The normalized spacial score (nSPS) is 15.0. The van der Waals surface area contributed by atoms with Gasteiger partial charge in [-0.25, -0.2) is 4.68 Å². The number of piperidine rings is 1. The van der Waals surface area contributed by atoms with Crippen LogP contribution in [0, 0.1) is 12.8 Å². The number of aromatic nitrogens is 2. The number of carbonyl (C=O) groups excluding carboxylic acids is 1. The highest BCUT2D eigenvalue weighted by Gasteiger charge is 2.25. The minimum atomic E-state index is 0. The minimum Gasteiger partial charge on any atom is -0.339 e. The van der Waals surface area contributed by atoms with Crippen molar-refractivity contribution in [1.29, 1.82) is 0 Å². The molecule has 5 nitrogen and oxygen atoms in total. The van der Waals surface area contributed by atoms with E-state index >= 15 is 0 Å². The monoisotopic (exact) mass is 362 g/mol. The number of amides is 1. The second kappa shape index (κ2) is 9.02. The Morgan fingerprint density at radius 1 is 1.24 bits per heavy atom. The first-order valence-corrected chi connectivity index (χ1v) is 8.74. The summed E-state index contributed by atoms with van der Waals surface area (Å²) in [6.07, 6.45) is 5.25. The number of carbonyl (C=O) groups is 1. The highest BCUT2D eigenvalue weighted by Crippen LogP contribution is 2.22. The molecule has 0 spiro atoms. The molecule has 0 radical (unpaired) electrons. The van der Waals surface area contributed by atoms with Crippen LogP contribution in [0.1, 0.15) is 35.3 Å². The van der Waals surface area contributed by atoms with Gasteiger partial charge in [0.15, 0.2) is 0 Å². The summed E-state index contributed by atoms with van der Waals surface area (Å²) in [6, 6.07) is 9.92. The van der Waals surface area contributed by atoms with Gasteiger partial charge in [-0.05, 0) is 57.8 Å². The van der Waals surface area contributed by atoms with Gasteiger partial charge in [-0.3, -0.25) is 4.79 Å². The molecule has 0 bridgehead atoms. The lowest BCUT2D eigenvalue weighted by atomic mass is 9.93. The zero-order valence-corrected chi connectivity index (χ0v) is 15.8. The number of hydrogen-bond acceptors (Lipinski definition) is 3. The van der Waals surface area contributed by atoms with Crippen LogP contribution in [0.4, 0.5) is 0 Å². The number of nitrogens with zero attached hydrogens (tertiary/aromatic N) is 3. The molecule has 2 heterocycles. The number of rotatable bonds is 5. The molecule has 2 aromatic rings. The predicted molar refractivity (Wildman–Crippen MR) is 103 cm³/mol. The van der Waals surface area contributed by atoms with Crippen LogP contribution in [0.3, 0.4) is 0 Å². The molecule has 6 heteroatoms. The molecule has 1 N–H and O–H groups in total. The Hall–Kier alpha value is -1.85. The third kappa shape index (κ3) is 4.61. The summed E-state index contributed by atoms with van der Waals surface area (Å²) in [5, 5.41) is 7.72. The van der Waals surface area contributed by atoms with Crippen molar-refractivity contribution in [2.75, 3.05) is 26.7 Å². The van der Waals surface area contributed by atoms with E-state index in [4.69, 9.17) is 0 Å². The van der Waals surface area contributed by atoms with Gasteiger partial charge in [0.1, 0.15) is 0 Å². The molecule has 25 heavy (non-hydrogen) atoms. The largest absolute Gasteiger partial charge is 0.339 e. The maximum absolute atomic E-state index is 12.8. The fourth-order valence-corrected chi connectivity index (χ4v) is 3.33. The van der Waals surface area contributed by atoms with E-state index in [1.807, 2.05) is 55.4 Å². The van der Waals surface area contributed by atoms with Gasteiger partial charge in [0, 0.05) is 19.3 Å². The quantitative estimate of drug-likeness (QED) is 0.889. The van der Waals surface area contributed by atoms with E-state index in [2.05, 4.69) is 10.4 Å². The average Bonchev–Trinajstić information content (AvgIpc) is 3.02. The summed E-state index contributed by atoms with van der Waals surface area (Å²) in [6.45, 7) is 4.67. The van der Waals surface area contributed by atoms with Crippen molar-refractivity contribution < 1.29 is 4.79 Å². The van der Waals surface area contributed by atoms with Gasteiger partial charge in [0.05, 0.1) is 16.9 Å². The summed E-state index contributed by atoms with van der Waals surface area (Å²) in [7, 11) is 1.99. The Balaban J connectivity index is 0.00000225. The molecule has 3 rings (SSSR count). The smallest absolute Gasteiger partial charge is 0.257 e. The topological polar surface area (TPSA) is 50.2 Å². The number of benzene rings is 1. The summed E-state index contributed by atoms with van der Waals surface area (Å²) in [5.41, 5.74) is 2.49. The van der Waals surface area contributed by atoms with Gasteiger partial charge in [-0.15, -0.1) is 12.4 Å². The maximum atomic E-state index is 12.8. The Labute approximate surface area is 155 Å². The molecule has 1 aliphatic heterocycles. The van der Waals surface area contributed by atoms with Gasteiger partial charge >= 0.3 is 0 Å². The predicted octanol–water partition coefficient (Wildman–Crippen LogP) is 3.06. The number of likely N-dealkylation sites (tertiary alicyclic amines) is 1. The lowest BCUT2D eigenvalue weighted by molar-refractivity contribution is 0.0686. The van der Waals surface area contributed by atoms with E-state index in [0.717, 1.165) is 49.8 Å². The van der Waals surface area contributed by atoms with E-state index < -0.39 is 0 Å². The molecule has 1 saturated heterocycles. The first-order valence-electron chi connectivity index (χ1n) is 8.74. The zero-order chi connectivity index (χ0) is 16.9. The number of hydrogen-bond donors (Lipinski definition) is 1. The van der Waals surface area contributed by atoms with Crippen LogP contribution in [-0.2, 0) is 0 Å². The van der Waals surface area contributed by atoms with Crippen LogP contribution in [0.15, 0.2) is 36.5 Å². The molecular formula is C19H27ClN4O. The Bertz CT molecular complexity index is 678. The van der Waals surface area contributed by atoms with Crippen LogP contribution < -0.4 is 5.32 Å². The van der Waals surface area contributed by atoms with Crippen molar-refractivity contribution in [3.63, 3.8) is 0 Å². The fourth-order valence-electron chi connectivity index (χ4n) is 3.33. The number of halogens is 1. The van der Waals surface area contributed by atoms with Crippen molar-refractivity contribution in [3.8, 4) is 5.69 Å². The SMILES string of the molecule is CNCCC1CCN(C(=O)c2cn(-c3ccccc3)nc2C)CC1.Cl. The van der Waals surface area contributed by atoms with Crippen molar-refractivity contribution in [1.82, 2.24) is 20.0 Å². The Morgan fingerprint density at radius 3 is 2.56 bits per heavy atom. The second-order valence-corrected chi connectivity index (χ2v) is 6.54. The first kappa shape index (κ1) is 19.5. The molecule has 0 saturated carbocycles. The summed E-state index contributed by atoms with van der Waals surface area (Å²) in [5.74, 6) is 0.844. The van der Waals surface area contributed by atoms with Gasteiger partial charge in [-0.1, -0.05) is 18.2 Å². The van der Waals surface area contributed by atoms with E-state index in [-0.39, 0.29) is 18.3 Å². The fraction of sp³-hybridized carbons (Fsp3) is 0.474. The summed E-state index contributed by atoms with van der Waals surface area (Å²) >= 11 is 0. The van der Waals surface area contributed by atoms with Crippen molar-refractivity contribution >= 4 is 18.3 Å². The van der Waals surface area contributed by atoms with E-state index in [0.29, 0.717) is 5.56 Å². The van der Waals surface area contributed by atoms with Crippen LogP contribution in [-0.4, -0.2) is 47.3 Å². The van der Waals surface area contributed by atoms with E-state index in [9.17, 15) is 4.79 Å². The number of nitrogens with one attached hydrogen (secondary N) is 1. The summed E-state index contributed by atoms with van der Waals surface area (Å²) in [4.78, 5) is 14.8. The number of aryl methyl sites for hydroxylation is 1. The third-order valence-corrected chi connectivity index (χ3v) is 4.85. The average molecular weight is 363 g/mol. The third-order valence-electron chi connectivity index (χ3n) is 4.85. The molecule has 1 fully saturated rings. The summed E-state index contributed by atoms with van der Waals surface area (Å²) < 4.78 is 1.79. The van der Waals surface area contributed by atoms with Crippen LogP contribution in [0.2, 0.25) is 0 Å². The first-order chi connectivity index (χ1) is 11.7. The molecule has 1 aromatic carbocycles. The molecule has 1 amide bonds. The van der Waals surface area contributed by atoms with Crippen LogP contribution >= 0.6 is 12.4 Å². The van der Waals surface area contributed by atoms with Crippen molar-refractivity contribution in [3.05, 3.63) is 47.8 Å². The van der Waals surface area contributed by atoms with Crippen LogP contribution in [0.5, 0.6) is 0 Å². The van der Waals surface area contributed by atoms with Gasteiger partial charge < -0.3 is 10.2 Å². The van der Waals surface area contributed by atoms with Gasteiger partial charge in [-0.2, -0.15) is 5.10 Å². The molecule has 0 aliphatic carbocycles. The number of para-hydroxylation sites is 1. The molecule has 0 unspecified atom stereocenters. The highest BCUT2D eigenvalue weighted by molar-refractivity contribution is 5.95. The minimum absolute atomic E-state index is 0. The molecular weight excluding hydrogens is 336 g/mol. The van der Waals surface area contributed by atoms with Gasteiger partial charge in [0.2, 0.25) is 0 Å². The standard InChI is InChI=1S/C19H26N4O.ClH/c1-15-18(14-23(21-15)17-6-4-3-5-7-17)19(24)22-12-9-16(10-13-22)8-11-20-2;/h3-7,14,16,20H,8-13H2,1-2H3;1H. The zero-order valence-electron chi connectivity index (χ0n) is 14.9. The highest BCUT2D eigenvalue weighted by atomic mass is 35.5. The van der Waals surface area contributed by atoms with Crippen molar-refractivity contribution in [2.45, 2.75) is 26.2 Å².